The van der Waals surface area contributed by atoms with Gasteiger partial charge in [0.1, 0.15) is 4.90 Å². The molecule has 0 bridgehead atoms. The SMILES string of the molecule is Cl.Cn1cc(S(=O)(=O)NCC(=O)N2CCNCC2c2cccnc2)cn1. The summed E-state index contributed by atoms with van der Waals surface area (Å²) in [6.07, 6.45) is 6.03. The molecule has 3 rings (SSSR count). The number of sulfonamides is 1. The first-order valence-electron chi connectivity index (χ1n) is 7.86. The van der Waals surface area contributed by atoms with E-state index in [4.69, 9.17) is 0 Å². The number of carbonyl (C=O) groups excluding carboxylic acids is 1. The molecule has 1 aliphatic rings. The minimum Gasteiger partial charge on any atom is -0.332 e. The quantitative estimate of drug-likeness (QED) is 0.712. The standard InChI is InChI=1S/C15H20N6O3S.ClH/c1-20-11-13(8-18-20)25(23,24)19-10-15(22)21-6-5-17-9-14(21)12-3-2-4-16-7-12;/h2-4,7-8,11,14,17,19H,5-6,9-10H2,1H3;1H. The van der Waals surface area contributed by atoms with Crippen LogP contribution in [-0.4, -0.2) is 60.2 Å². The van der Waals surface area contributed by atoms with Crippen molar-refractivity contribution < 1.29 is 13.2 Å². The van der Waals surface area contributed by atoms with Crippen molar-refractivity contribution in [2.75, 3.05) is 26.2 Å². The van der Waals surface area contributed by atoms with Crippen LogP contribution in [0.1, 0.15) is 11.6 Å². The lowest BCUT2D eigenvalue weighted by atomic mass is 10.1. The number of aromatic nitrogens is 3. The molecule has 1 aliphatic heterocycles. The van der Waals surface area contributed by atoms with Crippen LogP contribution in [0.3, 0.4) is 0 Å². The second-order valence-corrected chi connectivity index (χ2v) is 7.53. The normalized spacial score (nSPS) is 17.6. The smallest absolute Gasteiger partial charge is 0.244 e. The third kappa shape index (κ3) is 4.58. The van der Waals surface area contributed by atoms with Gasteiger partial charge in [0.2, 0.25) is 15.9 Å². The molecule has 0 saturated carbocycles. The summed E-state index contributed by atoms with van der Waals surface area (Å²) >= 11 is 0. The van der Waals surface area contributed by atoms with E-state index < -0.39 is 10.0 Å². The van der Waals surface area contributed by atoms with E-state index in [-0.39, 0.29) is 35.8 Å². The highest BCUT2D eigenvalue weighted by molar-refractivity contribution is 7.89. The van der Waals surface area contributed by atoms with Crippen LogP contribution in [0.15, 0.2) is 41.8 Å². The molecule has 11 heteroatoms. The molecule has 0 aromatic carbocycles. The number of amides is 1. The fraction of sp³-hybridized carbons (Fsp3) is 0.400. The van der Waals surface area contributed by atoms with Crippen LogP contribution in [0.25, 0.3) is 0 Å². The average molecular weight is 401 g/mol. The van der Waals surface area contributed by atoms with Gasteiger partial charge in [-0.05, 0) is 11.6 Å². The number of aryl methyl sites for hydroxylation is 1. The molecule has 2 N–H and O–H groups in total. The average Bonchev–Trinajstić information content (AvgIpc) is 3.08. The molecule has 3 heterocycles. The van der Waals surface area contributed by atoms with E-state index in [2.05, 4.69) is 20.1 Å². The molecular weight excluding hydrogens is 380 g/mol. The summed E-state index contributed by atoms with van der Waals surface area (Å²) in [6.45, 7) is 1.48. The van der Waals surface area contributed by atoms with Crippen molar-refractivity contribution in [2.45, 2.75) is 10.9 Å². The number of rotatable bonds is 5. The van der Waals surface area contributed by atoms with E-state index in [1.807, 2.05) is 12.1 Å². The first-order chi connectivity index (χ1) is 12.0. The highest BCUT2D eigenvalue weighted by Gasteiger charge is 2.29. The number of hydrogen-bond acceptors (Lipinski definition) is 6. The number of nitrogens with zero attached hydrogens (tertiary/aromatic N) is 4. The van der Waals surface area contributed by atoms with Crippen molar-refractivity contribution in [3.8, 4) is 0 Å². The Bertz CT molecular complexity index is 842. The molecule has 0 aliphatic carbocycles. The van der Waals surface area contributed by atoms with Gasteiger partial charge < -0.3 is 10.2 Å². The highest BCUT2D eigenvalue weighted by Crippen LogP contribution is 2.21. The zero-order valence-electron chi connectivity index (χ0n) is 14.2. The van der Waals surface area contributed by atoms with Gasteiger partial charge in [-0.1, -0.05) is 6.07 Å². The number of carbonyl (C=O) groups is 1. The second kappa shape index (κ2) is 8.58. The van der Waals surface area contributed by atoms with Crippen LogP contribution in [-0.2, 0) is 21.9 Å². The zero-order chi connectivity index (χ0) is 17.9. The Balaban J connectivity index is 0.00000243. The van der Waals surface area contributed by atoms with Gasteiger partial charge in [-0.2, -0.15) is 5.10 Å². The van der Waals surface area contributed by atoms with E-state index in [1.165, 1.54) is 17.1 Å². The van der Waals surface area contributed by atoms with Crippen LogP contribution in [0.2, 0.25) is 0 Å². The van der Waals surface area contributed by atoms with E-state index >= 15 is 0 Å². The van der Waals surface area contributed by atoms with Crippen molar-refractivity contribution >= 4 is 28.3 Å². The molecule has 0 spiro atoms. The van der Waals surface area contributed by atoms with Gasteiger partial charge in [-0.15, -0.1) is 12.4 Å². The third-order valence-corrected chi connectivity index (χ3v) is 5.39. The van der Waals surface area contributed by atoms with E-state index in [1.54, 1.807) is 24.3 Å². The molecule has 142 valence electrons. The molecule has 0 radical (unpaired) electrons. The van der Waals surface area contributed by atoms with Crippen molar-refractivity contribution in [3.63, 3.8) is 0 Å². The Kier molecular flexibility index (Phi) is 6.70. The van der Waals surface area contributed by atoms with E-state index in [9.17, 15) is 13.2 Å². The summed E-state index contributed by atoms with van der Waals surface area (Å²) in [5.41, 5.74) is 0.915. The fourth-order valence-corrected chi connectivity index (χ4v) is 3.71. The predicted octanol–water partition coefficient (Wildman–Crippen LogP) is -0.312. The van der Waals surface area contributed by atoms with Crippen LogP contribution in [0, 0.1) is 0 Å². The summed E-state index contributed by atoms with van der Waals surface area (Å²) in [5, 5.41) is 7.09. The van der Waals surface area contributed by atoms with Gasteiger partial charge in [0.05, 0.1) is 18.8 Å². The molecule has 9 nitrogen and oxygen atoms in total. The van der Waals surface area contributed by atoms with Crippen LogP contribution < -0.4 is 10.0 Å². The fourth-order valence-electron chi connectivity index (χ4n) is 2.75. The maximum atomic E-state index is 12.6. The molecule has 2 aromatic rings. The van der Waals surface area contributed by atoms with Gasteiger partial charge in [-0.25, -0.2) is 13.1 Å². The first kappa shape index (κ1) is 20.3. The minimum atomic E-state index is -3.76. The van der Waals surface area contributed by atoms with E-state index in [0.29, 0.717) is 19.6 Å². The predicted molar refractivity (Wildman–Crippen MR) is 97.2 cm³/mol. The maximum absolute atomic E-state index is 12.6. The number of pyridine rings is 1. The first-order valence-corrected chi connectivity index (χ1v) is 9.34. The van der Waals surface area contributed by atoms with Crippen LogP contribution in [0.5, 0.6) is 0 Å². The monoisotopic (exact) mass is 400 g/mol. The van der Waals surface area contributed by atoms with Gasteiger partial charge in [-0.3, -0.25) is 14.5 Å². The summed E-state index contributed by atoms with van der Waals surface area (Å²) in [5.74, 6) is -0.275. The Morgan fingerprint density at radius 1 is 1.42 bits per heavy atom. The van der Waals surface area contributed by atoms with Crippen molar-refractivity contribution in [2.24, 2.45) is 7.05 Å². The molecule has 2 aromatic heterocycles. The van der Waals surface area contributed by atoms with Crippen LogP contribution >= 0.6 is 12.4 Å². The molecule has 1 fully saturated rings. The molecule has 1 atom stereocenters. The number of nitrogens with one attached hydrogen (secondary N) is 2. The summed E-state index contributed by atoms with van der Waals surface area (Å²) in [6, 6.07) is 3.56. The molecule has 1 unspecified atom stereocenters. The Labute approximate surface area is 158 Å². The summed E-state index contributed by atoms with van der Waals surface area (Å²) < 4.78 is 28.2. The number of piperazine rings is 1. The minimum absolute atomic E-state index is 0. The van der Waals surface area contributed by atoms with Crippen molar-refractivity contribution in [1.82, 2.24) is 29.7 Å². The largest absolute Gasteiger partial charge is 0.332 e. The Morgan fingerprint density at radius 2 is 2.23 bits per heavy atom. The molecule has 26 heavy (non-hydrogen) atoms. The number of hydrogen-bond donors (Lipinski definition) is 2. The number of halogens is 1. The maximum Gasteiger partial charge on any atom is 0.244 e. The Hall–Kier alpha value is -2.01. The van der Waals surface area contributed by atoms with E-state index in [0.717, 1.165) is 5.56 Å². The topological polar surface area (TPSA) is 109 Å². The lowest BCUT2D eigenvalue weighted by Gasteiger charge is -2.36. The van der Waals surface area contributed by atoms with Gasteiger partial charge in [0.15, 0.2) is 0 Å². The molecule has 1 amide bonds. The molecule has 1 saturated heterocycles. The lowest BCUT2D eigenvalue weighted by Crippen LogP contribution is -2.51. The highest BCUT2D eigenvalue weighted by atomic mass is 35.5. The van der Waals surface area contributed by atoms with Crippen molar-refractivity contribution in [3.05, 3.63) is 42.5 Å². The second-order valence-electron chi connectivity index (χ2n) is 5.77. The van der Waals surface area contributed by atoms with Crippen molar-refractivity contribution in [1.29, 1.82) is 0 Å². The van der Waals surface area contributed by atoms with Crippen LogP contribution in [0.4, 0.5) is 0 Å². The third-order valence-electron chi connectivity index (χ3n) is 4.04. The lowest BCUT2D eigenvalue weighted by molar-refractivity contribution is -0.133. The van der Waals surface area contributed by atoms with Gasteiger partial charge in [0.25, 0.3) is 0 Å². The van der Waals surface area contributed by atoms with Gasteiger partial charge in [0, 0.05) is 45.3 Å². The summed E-state index contributed by atoms with van der Waals surface area (Å²) in [7, 11) is -2.14. The zero-order valence-corrected chi connectivity index (χ0v) is 15.8. The Morgan fingerprint density at radius 3 is 2.88 bits per heavy atom. The summed E-state index contributed by atoms with van der Waals surface area (Å²) in [4.78, 5) is 18.4. The van der Waals surface area contributed by atoms with Gasteiger partial charge >= 0.3 is 0 Å². The molecular formula is C15H21ClN6O3S.